The first-order valence-electron chi connectivity index (χ1n) is 11.7. The molecular formula is C26H38F2N6O2. The van der Waals surface area contributed by atoms with Crippen LogP contribution in [0.4, 0.5) is 14.6 Å². The number of ether oxygens (including phenoxy) is 1. The number of pyridine rings is 1. The van der Waals surface area contributed by atoms with Gasteiger partial charge in [0, 0.05) is 31.9 Å². The maximum atomic E-state index is 13.8. The Morgan fingerprint density at radius 2 is 2.17 bits per heavy atom. The van der Waals surface area contributed by atoms with Crippen molar-refractivity contribution >= 4 is 17.2 Å². The number of nitrogens with zero attached hydrogens (tertiary/aromatic N) is 3. The van der Waals surface area contributed by atoms with Crippen LogP contribution in [0.5, 0.6) is 0 Å². The number of nitrogens with two attached hydrogens (primary N) is 2. The van der Waals surface area contributed by atoms with Gasteiger partial charge in [-0.2, -0.15) is 0 Å². The number of aromatic nitrogens is 1. The Morgan fingerprint density at radius 3 is 2.75 bits per heavy atom. The van der Waals surface area contributed by atoms with Gasteiger partial charge in [0.1, 0.15) is 11.7 Å². The van der Waals surface area contributed by atoms with Crippen molar-refractivity contribution in [3.63, 3.8) is 0 Å². The number of amidine groups is 1. The molecule has 198 valence electrons. The molecule has 10 heteroatoms. The summed E-state index contributed by atoms with van der Waals surface area (Å²) in [6.45, 7) is 4.87. The topological polar surface area (TPSA) is 122 Å². The number of hydrogen-bond acceptors (Lipinski definition) is 7. The largest absolute Gasteiger partial charge is 0.396 e. The molecule has 36 heavy (non-hydrogen) atoms. The third-order valence-electron chi connectivity index (χ3n) is 5.55. The Morgan fingerprint density at radius 1 is 1.42 bits per heavy atom. The lowest BCUT2D eigenvalue weighted by molar-refractivity contribution is 0.161. The molecule has 2 aliphatic rings. The second-order valence-corrected chi connectivity index (χ2v) is 8.23. The Bertz CT molecular complexity index is 953. The van der Waals surface area contributed by atoms with Crippen LogP contribution in [0, 0.1) is 18.8 Å². The number of hydrogen-bond donors (Lipinski definition) is 4. The Balaban J connectivity index is 0.000000609. The molecule has 1 aromatic heterocycles. The molecule has 0 aliphatic carbocycles. The van der Waals surface area contributed by atoms with E-state index in [1.165, 1.54) is 6.08 Å². The monoisotopic (exact) mass is 504 g/mol. The van der Waals surface area contributed by atoms with Crippen molar-refractivity contribution in [2.75, 3.05) is 52.2 Å². The van der Waals surface area contributed by atoms with Gasteiger partial charge in [-0.1, -0.05) is 12.2 Å². The van der Waals surface area contributed by atoms with Crippen molar-refractivity contribution in [1.29, 1.82) is 0 Å². The molecule has 2 aliphatic heterocycles. The number of allylic oxidation sites excluding steroid dienone is 4. The summed E-state index contributed by atoms with van der Waals surface area (Å²) in [5.74, 6) is 4.37. The summed E-state index contributed by atoms with van der Waals surface area (Å²) in [5, 5.41) is 8.49. The first-order valence-corrected chi connectivity index (χ1v) is 11.7. The summed E-state index contributed by atoms with van der Waals surface area (Å²) >= 11 is 0. The normalized spacial score (nSPS) is 19.3. The van der Waals surface area contributed by atoms with E-state index in [0.717, 1.165) is 62.8 Å². The number of rotatable bonds is 6. The number of aliphatic hydroxyl groups is 1. The fourth-order valence-electron chi connectivity index (χ4n) is 3.50. The average Bonchev–Trinajstić information content (AvgIpc) is 3.34. The Kier molecular flexibility index (Phi) is 14.9. The van der Waals surface area contributed by atoms with E-state index in [9.17, 15) is 8.78 Å². The van der Waals surface area contributed by atoms with Crippen LogP contribution < -0.4 is 17.0 Å². The average molecular weight is 505 g/mol. The van der Waals surface area contributed by atoms with Gasteiger partial charge in [-0.3, -0.25) is 4.99 Å². The first kappa shape index (κ1) is 30.9. The van der Waals surface area contributed by atoms with Crippen molar-refractivity contribution in [2.24, 2.45) is 16.8 Å². The van der Waals surface area contributed by atoms with Crippen LogP contribution in [0.1, 0.15) is 37.3 Å². The van der Waals surface area contributed by atoms with Crippen LogP contribution in [0.3, 0.4) is 0 Å². The van der Waals surface area contributed by atoms with Crippen molar-refractivity contribution in [3.8, 4) is 12.8 Å². The highest BCUT2D eigenvalue weighted by molar-refractivity contribution is 6.02. The van der Waals surface area contributed by atoms with E-state index in [2.05, 4.69) is 46.3 Å². The fourth-order valence-corrected chi connectivity index (χ4v) is 3.50. The van der Waals surface area contributed by atoms with E-state index < -0.39 is 18.2 Å². The molecular weight excluding hydrogens is 466 g/mol. The predicted octanol–water partition coefficient (Wildman–Crippen LogP) is 2.97. The maximum Gasteiger partial charge on any atom is 0.157 e. The predicted molar refractivity (Wildman–Crippen MR) is 142 cm³/mol. The van der Waals surface area contributed by atoms with Gasteiger partial charge in [0.25, 0.3) is 0 Å². The molecule has 3 heterocycles. The van der Waals surface area contributed by atoms with Gasteiger partial charge < -0.3 is 25.9 Å². The smallest absolute Gasteiger partial charge is 0.157 e. The standard InChI is InChI=1S/C19H26F2N6.C5H10O2.C2H2/c1-3-5-16(20)17(21)12-25-19(26-23)15-10-14(11-24-18(15)22)13-6-4-8-27(2)9-7-13;6-3-5-1-2-7-4-5;1-2/h3,5,7,10-11H,4,6,8-9,12,23H2,1-2H3,(H2,22,24)(H,25,26);5-6H,1-4H2;1-2H/b5-3-,17-16-;;. The SMILES string of the molecule is C#C.C/C=C\C(F)=C(\F)CN=C(NN)c1cc(C2=CCN(C)CCC2)cnc1N.OCC1CCOC1. The number of aliphatic hydroxyl groups excluding tert-OH is 1. The lowest BCUT2D eigenvalue weighted by Crippen LogP contribution is -2.32. The molecule has 1 unspecified atom stereocenters. The zero-order valence-electron chi connectivity index (χ0n) is 21.1. The van der Waals surface area contributed by atoms with Crippen LogP contribution in [-0.2, 0) is 4.74 Å². The summed E-state index contributed by atoms with van der Waals surface area (Å²) in [7, 11) is 2.07. The lowest BCUT2D eigenvalue weighted by atomic mass is 10.0. The Labute approximate surface area is 212 Å². The van der Waals surface area contributed by atoms with Gasteiger partial charge in [-0.05, 0) is 63.1 Å². The second-order valence-electron chi connectivity index (χ2n) is 8.23. The molecule has 6 N–H and O–H groups in total. The number of halogens is 2. The van der Waals surface area contributed by atoms with Gasteiger partial charge in [0.15, 0.2) is 11.7 Å². The molecule has 0 radical (unpaired) electrons. The van der Waals surface area contributed by atoms with Gasteiger partial charge in [0.2, 0.25) is 0 Å². The molecule has 0 aromatic carbocycles. The third-order valence-corrected chi connectivity index (χ3v) is 5.55. The van der Waals surface area contributed by atoms with Crippen LogP contribution in [0.25, 0.3) is 5.57 Å². The van der Waals surface area contributed by atoms with Gasteiger partial charge in [0.05, 0.1) is 18.7 Å². The highest BCUT2D eigenvalue weighted by Crippen LogP contribution is 2.24. The minimum absolute atomic E-state index is 0.150. The second kappa shape index (κ2) is 17.3. The summed E-state index contributed by atoms with van der Waals surface area (Å²) < 4.78 is 32.2. The number of terminal acetylenes is 1. The molecule has 0 spiro atoms. The van der Waals surface area contributed by atoms with Crippen LogP contribution >= 0.6 is 0 Å². The third kappa shape index (κ3) is 10.3. The number of nitrogens with one attached hydrogen (secondary N) is 1. The zero-order valence-corrected chi connectivity index (χ0v) is 21.1. The highest BCUT2D eigenvalue weighted by atomic mass is 19.2. The number of hydrazine groups is 1. The summed E-state index contributed by atoms with van der Waals surface area (Å²) in [6, 6.07) is 1.82. The van der Waals surface area contributed by atoms with E-state index in [4.69, 9.17) is 21.4 Å². The molecule has 0 bridgehead atoms. The minimum Gasteiger partial charge on any atom is -0.396 e. The van der Waals surface area contributed by atoms with E-state index >= 15 is 0 Å². The molecule has 1 fully saturated rings. The number of aliphatic imine (C=N–C) groups is 1. The van der Waals surface area contributed by atoms with Crippen LogP contribution in [-0.4, -0.2) is 67.3 Å². The van der Waals surface area contributed by atoms with Crippen molar-refractivity contribution in [3.05, 3.63) is 53.3 Å². The molecule has 1 saturated heterocycles. The summed E-state index contributed by atoms with van der Waals surface area (Å²) in [4.78, 5) is 10.5. The minimum atomic E-state index is -0.988. The van der Waals surface area contributed by atoms with E-state index in [0.29, 0.717) is 18.1 Å². The summed E-state index contributed by atoms with van der Waals surface area (Å²) in [6.07, 6.45) is 17.3. The fraction of sp³-hybridized carbons (Fsp3) is 0.462. The molecule has 1 atom stereocenters. The first-order chi connectivity index (χ1) is 17.4. The quantitative estimate of drug-likeness (QED) is 0.117. The van der Waals surface area contributed by atoms with Crippen molar-refractivity contribution in [2.45, 2.75) is 26.2 Å². The Hall–Kier alpha value is -3.10. The van der Waals surface area contributed by atoms with Crippen LogP contribution in [0.15, 0.2) is 47.1 Å². The van der Waals surface area contributed by atoms with Crippen LogP contribution in [0.2, 0.25) is 0 Å². The summed E-state index contributed by atoms with van der Waals surface area (Å²) in [5.41, 5.74) is 10.9. The van der Waals surface area contributed by atoms with Crippen molar-refractivity contribution in [1.82, 2.24) is 15.3 Å². The molecule has 0 amide bonds. The van der Waals surface area contributed by atoms with Crippen molar-refractivity contribution < 1.29 is 18.6 Å². The zero-order chi connectivity index (χ0) is 26.9. The number of likely N-dealkylation sites (N-methyl/N-ethyl adjacent to an activating group) is 1. The molecule has 0 saturated carbocycles. The highest BCUT2D eigenvalue weighted by Gasteiger charge is 2.14. The molecule has 8 nitrogen and oxygen atoms in total. The maximum absolute atomic E-state index is 13.8. The van der Waals surface area contributed by atoms with E-state index in [1.54, 1.807) is 13.1 Å². The van der Waals surface area contributed by atoms with E-state index in [-0.39, 0.29) is 11.7 Å². The van der Waals surface area contributed by atoms with E-state index in [1.807, 2.05) is 6.07 Å². The molecule has 3 rings (SSSR count). The number of anilines is 1. The lowest BCUT2D eigenvalue weighted by Gasteiger charge is -2.12. The molecule has 1 aromatic rings. The number of nitrogen functional groups attached to an aromatic ring is 1. The van der Waals surface area contributed by atoms with Gasteiger partial charge in [-0.25, -0.2) is 19.6 Å². The van der Waals surface area contributed by atoms with Gasteiger partial charge >= 0.3 is 0 Å². The van der Waals surface area contributed by atoms with Gasteiger partial charge in [-0.15, -0.1) is 12.8 Å².